The van der Waals surface area contributed by atoms with Crippen LogP contribution in [0.2, 0.25) is 0 Å². The number of benzene rings is 1. The first kappa shape index (κ1) is 16.8. The minimum Gasteiger partial charge on any atom is -0.334 e. The minimum atomic E-state index is -3.50. The molecule has 1 amide bonds. The number of sulfonamides is 1. The molecule has 122 valence electrons. The highest BCUT2D eigenvalue weighted by Crippen LogP contribution is 2.22. The number of para-hydroxylation sites is 1. The third-order valence-electron chi connectivity index (χ3n) is 4.03. The Morgan fingerprint density at radius 2 is 1.86 bits per heavy atom. The van der Waals surface area contributed by atoms with Gasteiger partial charge in [-0.25, -0.2) is 8.42 Å². The summed E-state index contributed by atoms with van der Waals surface area (Å²) in [5.74, 6) is -0.138. The first-order valence-corrected chi connectivity index (χ1v) is 9.26. The van der Waals surface area contributed by atoms with E-state index in [1.807, 2.05) is 19.1 Å². The number of rotatable bonds is 4. The Labute approximate surface area is 132 Å². The summed E-state index contributed by atoms with van der Waals surface area (Å²) in [6.45, 7) is 4.86. The molecule has 1 saturated heterocycles. The Hall–Kier alpha value is -1.60. The SMILES string of the molecule is Cc1ccccc1N(CC(=O)N1CC[NH+](C)CC1)S(C)(=O)=O. The number of likely N-dealkylation sites (N-methyl/N-ethyl adjacent to an activating group) is 1. The molecule has 0 atom stereocenters. The molecule has 0 aliphatic carbocycles. The van der Waals surface area contributed by atoms with E-state index in [4.69, 9.17) is 0 Å². The van der Waals surface area contributed by atoms with Crippen molar-refractivity contribution < 1.29 is 18.1 Å². The maximum absolute atomic E-state index is 12.5. The average molecular weight is 326 g/mol. The van der Waals surface area contributed by atoms with Crippen LogP contribution in [0.1, 0.15) is 5.56 Å². The first-order chi connectivity index (χ1) is 10.3. The molecule has 1 heterocycles. The zero-order valence-electron chi connectivity index (χ0n) is 13.4. The van der Waals surface area contributed by atoms with Crippen LogP contribution in [0.15, 0.2) is 24.3 Å². The fraction of sp³-hybridized carbons (Fsp3) is 0.533. The van der Waals surface area contributed by atoms with Crippen LogP contribution in [-0.2, 0) is 14.8 Å². The van der Waals surface area contributed by atoms with Crippen molar-refractivity contribution in [1.82, 2.24) is 4.90 Å². The van der Waals surface area contributed by atoms with Crippen LogP contribution in [-0.4, -0.2) is 65.3 Å². The normalized spacial score (nSPS) is 16.6. The second-order valence-corrected chi connectivity index (χ2v) is 7.80. The van der Waals surface area contributed by atoms with Crippen LogP contribution >= 0.6 is 0 Å². The zero-order valence-corrected chi connectivity index (χ0v) is 14.2. The summed E-state index contributed by atoms with van der Waals surface area (Å²) < 4.78 is 25.4. The van der Waals surface area contributed by atoms with E-state index in [1.165, 1.54) is 9.21 Å². The molecule has 0 saturated carbocycles. The van der Waals surface area contributed by atoms with Gasteiger partial charge in [-0.05, 0) is 18.6 Å². The van der Waals surface area contributed by atoms with E-state index in [1.54, 1.807) is 17.0 Å². The van der Waals surface area contributed by atoms with E-state index >= 15 is 0 Å². The number of hydrogen-bond acceptors (Lipinski definition) is 3. The minimum absolute atomic E-state index is 0.136. The van der Waals surface area contributed by atoms with E-state index in [0.29, 0.717) is 18.8 Å². The van der Waals surface area contributed by atoms with Crippen LogP contribution in [0.5, 0.6) is 0 Å². The number of anilines is 1. The van der Waals surface area contributed by atoms with Crippen LogP contribution in [0.3, 0.4) is 0 Å². The monoisotopic (exact) mass is 326 g/mol. The lowest BCUT2D eigenvalue weighted by molar-refractivity contribution is -0.883. The molecule has 1 fully saturated rings. The van der Waals surface area contributed by atoms with E-state index in [0.717, 1.165) is 24.9 Å². The number of aryl methyl sites for hydroxylation is 1. The molecule has 22 heavy (non-hydrogen) atoms. The summed E-state index contributed by atoms with van der Waals surface area (Å²) in [6, 6.07) is 7.21. The fourth-order valence-corrected chi connectivity index (χ4v) is 3.49. The molecular weight excluding hydrogens is 302 g/mol. The lowest BCUT2D eigenvalue weighted by atomic mass is 10.2. The van der Waals surface area contributed by atoms with Crippen LogP contribution < -0.4 is 9.21 Å². The lowest BCUT2D eigenvalue weighted by Gasteiger charge is -2.32. The molecule has 0 spiro atoms. The Kier molecular flexibility index (Phi) is 5.08. The molecule has 1 aliphatic rings. The van der Waals surface area contributed by atoms with Gasteiger partial charge in [-0.1, -0.05) is 18.2 Å². The first-order valence-electron chi connectivity index (χ1n) is 7.41. The lowest BCUT2D eigenvalue weighted by Crippen LogP contribution is -3.12. The topological polar surface area (TPSA) is 62.1 Å². The Balaban J connectivity index is 2.18. The average Bonchev–Trinajstić information content (AvgIpc) is 2.45. The molecule has 1 aromatic rings. The van der Waals surface area contributed by atoms with E-state index in [9.17, 15) is 13.2 Å². The molecule has 1 N–H and O–H groups in total. The van der Waals surface area contributed by atoms with Gasteiger partial charge < -0.3 is 9.80 Å². The molecule has 0 unspecified atom stereocenters. The quantitative estimate of drug-likeness (QED) is 0.781. The summed E-state index contributed by atoms with van der Waals surface area (Å²) in [5.41, 5.74) is 1.40. The van der Waals surface area contributed by atoms with Crippen LogP contribution in [0, 0.1) is 6.92 Å². The van der Waals surface area contributed by atoms with Gasteiger partial charge in [0.05, 0.1) is 45.2 Å². The molecule has 2 rings (SSSR count). The van der Waals surface area contributed by atoms with Crippen molar-refractivity contribution in [2.24, 2.45) is 0 Å². The molecule has 1 aliphatic heterocycles. The Morgan fingerprint density at radius 3 is 2.41 bits per heavy atom. The van der Waals surface area contributed by atoms with Crippen LogP contribution in [0.25, 0.3) is 0 Å². The molecule has 0 radical (unpaired) electrons. The number of nitrogens with zero attached hydrogens (tertiary/aromatic N) is 2. The third-order valence-corrected chi connectivity index (χ3v) is 5.16. The smallest absolute Gasteiger partial charge is 0.243 e. The molecule has 0 bridgehead atoms. The van der Waals surface area contributed by atoms with Crippen molar-refractivity contribution in [3.63, 3.8) is 0 Å². The summed E-state index contributed by atoms with van der Waals surface area (Å²) in [6.07, 6.45) is 1.14. The molecule has 1 aromatic carbocycles. The summed E-state index contributed by atoms with van der Waals surface area (Å²) >= 11 is 0. The van der Waals surface area contributed by atoms with E-state index < -0.39 is 10.0 Å². The van der Waals surface area contributed by atoms with Crippen molar-refractivity contribution >= 4 is 21.6 Å². The van der Waals surface area contributed by atoms with Crippen molar-refractivity contribution in [3.8, 4) is 0 Å². The summed E-state index contributed by atoms with van der Waals surface area (Å²) in [4.78, 5) is 15.6. The van der Waals surface area contributed by atoms with E-state index in [2.05, 4.69) is 7.05 Å². The van der Waals surface area contributed by atoms with Gasteiger partial charge in [0.25, 0.3) is 0 Å². The third kappa shape index (κ3) is 3.98. The van der Waals surface area contributed by atoms with Gasteiger partial charge in [-0.3, -0.25) is 9.10 Å². The van der Waals surface area contributed by atoms with Gasteiger partial charge in [0, 0.05) is 0 Å². The standard InChI is InChI=1S/C15H23N3O3S/c1-13-6-4-5-7-14(13)18(22(3,20)21)12-15(19)17-10-8-16(2)9-11-17/h4-7H,8-12H2,1-3H3/p+1. The number of hydrogen-bond donors (Lipinski definition) is 1. The van der Waals surface area contributed by atoms with Crippen LogP contribution in [0.4, 0.5) is 5.69 Å². The van der Waals surface area contributed by atoms with Crippen molar-refractivity contribution in [1.29, 1.82) is 0 Å². The Bertz CT molecular complexity index is 637. The fourth-order valence-electron chi connectivity index (χ4n) is 2.59. The largest absolute Gasteiger partial charge is 0.334 e. The number of nitrogens with one attached hydrogen (secondary N) is 1. The summed E-state index contributed by atoms with van der Waals surface area (Å²) in [5, 5.41) is 0. The van der Waals surface area contributed by atoms with Gasteiger partial charge in [0.15, 0.2) is 0 Å². The van der Waals surface area contributed by atoms with Gasteiger partial charge in [-0.15, -0.1) is 0 Å². The van der Waals surface area contributed by atoms with E-state index in [-0.39, 0.29) is 12.5 Å². The highest BCUT2D eigenvalue weighted by atomic mass is 32.2. The Morgan fingerprint density at radius 1 is 1.27 bits per heavy atom. The second kappa shape index (κ2) is 6.66. The second-order valence-electron chi connectivity index (χ2n) is 5.89. The van der Waals surface area contributed by atoms with Crippen molar-refractivity contribution in [2.45, 2.75) is 6.92 Å². The number of carbonyl (C=O) groups excluding carboxylic acids is 1. The molecule has 7 heteroatoms. The molecular formula is C15H24N3O3S+. The number of quaternary nitrogens is 1. The zero-order chi connectivity index (χ0) is 16.3. The van der Waals surface area contributed by atoms with Crippen molar-refractivity contribution in [2.75, 3.05) is 50.3 Å². The van der Waals surface area contributed by atoms with Gasteiger partial charge in [0.2, 0.25) is 15.9 Å². The highest BCUT2D eigenvalue weighted by molar-refractivity contribution is 7.92. The predicted molar refractivity (Wildman–Crippen MR) is 86.6 cm³/mol. The highest BCUT2D eigenvalue weighted by Gasteiger charge is 2.27. The molecule has 6 nitrogen and oxygen atoms in total. The predicted octanol–water partition coefficient (Wildman–Crippen LogP) is -0.882. The van der Waals surface area contributed by atoms with Crippen molar-refractivity contribution in [3.05, 3.63) is 29.8 Å². The van der Waals surface area contributed by atoms with Gasteiger partial charge in [0.1, 0.15) is 6.54 Å². The maximum atomic E-state index is 12.5. The molecule has 0 aromatic heterocycles. The number of amides is 1. The number of piperazine rings is 1. The maximum Gasteiger partial charge on any atom is 0.243 e. The van der Waals surface area contributed by atoms with Gasteiger partial charge in [-0.2, -0.15) is 0 Å². The van der Waals surface area contributed by atoms with Gasteiger partial charge >= 0.3 is 0 Å². The summed E-state index contributed by atoms with van der Waals surface area (Å²) in [7, 11) is -1.41. The number of carbonyl (C=O) groups is 1.